The molecule has 1 fully saturated rings. The van der Waals surface area contributed by atoms with Gasteiger partial charge in [0.25, 0.3) is 0 Å². The number of ether oxygens (including phenoxy) is 3. The van der Waals surface area contributed by atoms with Crippen LogP contribution >= 0.6 is 0 Å². The molecule has 0 bridgehead atoms. The minimum Gasteiger partial charge on any atom is -0.504 e. The van der Waals surface area contributed by atoms with Crippen LogP contribution in [-0.2, 0) is 33.4 Å². The molecule has 0 spiro atoms. The molecule has 0 amide bonds. The van der Waals surface area contributed by atoms with Crippen LogP contribution in [0, 0.1) is 0 Å². The molecule has 1 aliphatic rings. The van der Waals surface area contributed by atoms with Gasteiger partial charge in [-0.2, -0.15) is 0 Å². The van der Waals surface area contributed by atoms with Gasteiger partial charge in [0, 0.05) is 31.1 Å². The van der Waals surface area contributed by atoms with Crippen LogP contribution in [0.25, 0.3) is 18.2 Å². The Hall–Kier alpha value is -6.32. The van der Waals surface area contributed by atoms with Gasteiger partial charge in [0.1, 0.15) is 18.3 Å². The minimum absolute atomic E-state index is 0.240. The standard InChI is InChI=1S/C34H30O15/c35-21-7-1-18(13-24(21)38)4-10-29(41)47-27-16-34(46,33(45)49-31(43)12-6-20-3-9-23(37)26(40)15-20)17-28(32(27)44)48-30(42)11-5-19-2-8-22(36)25(39)14-19/h1-15,27-28,32,35-40,44,46H,16-17H2. The van der Waals surface area contributed by atoms with Gasteiger partial charge in [-0.1, -0.05) is 18.2 Å². The summed E-state index contributed by atoms with van der Waals surface area (Å²) in [5.41, 5.74) is -1.87. The Bertz CT molecular complexity index is 1760. The molecule has 0 aliphatic heterocycles. The molecular formula is C34H30O15. The predicted molar refractivity (Wildman–Crippen MR) is 167 cm³/mol. The third-order valence-electron chi connectivity index (χ3n) is 7.18. The van der Waals surface area contributed by atoms with Crippen LogP contribution in [-0.4, -0.2) is 88.6 Å². The fourth-order valence-corrected chi connectivity index (χ4v) is 4.64. The molecule has 1 saturated carbocycles. The number of carbonyl (C=O) groups excluding carboxylic acids is 4. The van der Waals surface area contributed by atoms with Crippen molar-refractivity contribution in [2.24, 2.45) is 0 Å². The van der Waals surface area contributed by atoms with Gasteiger partial charge in [-0.3, -0.25) is 0 Å². The maximum Gasteiger partial charge on any atom is 0.346 e. The van der Waals surface area contributed by atoms with Crippen molar-refractivity contribution in [1.29, 1.82) is 0 Å². The number of carbonyl (C=O) groups is 4. The third kappa shape index (κ3) is 9.37. The number of phenols is 6. The van der Waals surface area contributed by atoms with Crippen LogP contribution in [0.1, 0.15) is 29.5 Å². The number of hydrogen-bond acceptors (Lipinski definition) is 15. The average molecular weight is 679 g/mol. The Morgan fingerprint density at radius 1 is 0.571 bits per heavy atom. The summed E-state index contributed by atoms with van der Waals surface area (Å²) in [5.74, 6) is -7.61. The van der Waals surface area contributed by atoms with Gasteiger partial charge in [0.2, 0.25) is 0 Å². The molecule has 256 valence electrons. The molecule has 1 aliphatic carbocycles. The van der Waals surface area contributed by atoms with E-state index in [9.17, 15) is 60.0 Å². The van der Waals surface area contributed by atoms with Gasteiger partial charge in [0.15, 0.2) is 40.1 Å². The van der Waals surface area contributed by atoms with Gasteiger partial charge in [-0.05, 0) is 71.3 Å². The molecule has 8 N–H and O–H groups in total. The second-order valence-electron chi connectivity index (χ2n) is 10.8. The summed E-state index contributed by atoms with van der Waals surface area (Å²) in [5, 5.41) is 79.5. The lowest BCUT2D eigenvalue weighted by Crippen LogP contribution is -2.58. The van der Waals surface area contributed by atoms with Gasteiger partial charge in [-0.15, -0.1) is 0 Å². The quantitative estimate of drug-likeness (QED) is 0.0530. The van der Waals surface area contributed by atoms with E-state index in [4.69, 9.17) is 14.2 Å². The Morgan fingerprint density at radius 2 is 0.918 bits per heavy atom. The van der Waals surface area contributed by atoms with Gasteiger partial charge in [-0.25, -0.2) is 19.2 Å². The number of hydrogen-bond donors (Lipinski definition) is 8. The molecule has 0 radical (unpaired) electrons. The average Bonchev–Trinajstić information content (AvgIpc) is 3.05. The molecule has 3 aromatic rings. The van der Waals surface area contributed by atoms with Crippen molar-refractivity contribution < 1.29 is 74.2 Å². The maximum absolute atomic E-state index is 13.1. The normalized spacial score (nSPS) is 20.7. The first-order chi connectivity index (χ1) is 23.1. The summed E-state index contributed by atoms with van der Waals surface area (Å²) in [6, 6.07) is 10.9. The Balaban J connectivity index is 1.52. The number of phenolic OH excluding ortho intramolecular Hbond substituents is 6. The summed E-state index contributed by atoms with van der Waals surface area (Å²) >= 11 is 0. The zero-order chi connectivity index (χ0) is 35.9. The molecule has 2 unspecified atom stereocenters. The summed E-state index contributed by atoms with van der Waals surface area (Å²) in [6.45, 7) is 0. The van der Waals surface area contributed by atoms with E-state index in [2.05, 4.69) is 0 Å². The molecule has 4 rings (SSSR count). The molecule has 0 heterocycles. The van der Waals surface area contributed by atoms with E-state index in [1.807, 2.05) is 0 Å². The highest BCUT2D eigenvalue weighted by molar-refractivity contribution is 5.97. The van der Waals surface area contributed by atoms with E-state index in [0.29, 0.717) is 0 Å². The SMILES string of the molecule is O=C(C=Cc1ccc(O)c(O)c1)OC(=O)C1(O)CC(OC(=O)C=Cc2ccc(O)c(O)c2)C(O)C(OC(=O)C=Cc2ccc(O)c(O)c2)C1. The van der Waals surface area contributed by atoms with Crippen LogP contribution in [0.5, 0.6) is 34.5 Å². The summed E-state index contributed by atoms with van der Waals surface area (Å²) in [7, 11) is 0. The lowest BCUT2D eigenvalue weighted by Gasteiger charge is -2.41. The maximum atomic E-state index is 13.1. The van der Waals surface area contributed by atoms with Crippen molar-refractivity contribution in [3.63, 3.8) is 0 Å². The van der Waals surface area contributed by atoms with E-state index in [1.165, 1.54) is 42.5 Å². The Labute approximate surface area is 277 Å². The minimum atomic E-state index is -2.64. The molecule has 15 nitrogen and oxygen atoms in total. The van der Waals surface area contributed by atoms with E-state index >= 15 is 0 Å². The smallest absolute Gasteiger partial charge is 0.346 e. The van der Waals surface area contributed by atoms with E-state index in [0.717, 1.165) is 48.6 Å². The van der Waals surface area contributed by atoms with Crippen LogP contribution in [0.15, 0.2) is 72.8 Å². The molecular weight excluding hydrogens is 648 g/mol. The molecule has 15 heteroatoms. The van der Waals surface area contributed by atoms with Crippen LogP contribution in [0.4, 0.5) is 0 Å². The van der Waals surface area contributed by atoms with Crippen molar-refractivity contribution in [3.8, 4) is 34.5 Å². The number of benzene rings is 3. The number of aromatic hydroxyl groups is 6. The van der Waals surface area contributed by atoms with Crippen molar-refractivity contribution >= 4 is 42.1 Å². The zero-order valence-corrected chi connectivity index (χ0v) is 25.2. The van der Waals surface area contributed by atoms with Gasteiger partial charge < -0.3 is 55.1 Å². The topological polar surface area (TPSA) is 258 Å². The number of esters is 4. The first-order valence-electron chi connectivity index (χ1n) is 14.3. The highest BCUT2D eigenvalue weighted by Gasteiger charge is 2.53. The second kappa shape index (κ2) is 15.1. The third-order valence-corrected chi connectivity index (χ3v) is 7.18. The first kappa shape index (κ1) is 35.5. The molecule has 49 heavy (non-hydrogen) atoms. The number of rotatable bonds is 9. The predicted octanol–water partition coefficient (Wildman–Crippen LogP) is 2.14. The van der Waals surface area contributed by atoms with Crippen molar-refractivity contribution in [2.45, 2.75) is 36.8 Å². The summed E-state index contributed by atoms with van der Waals surface area (Å²) in [4.78, 5) is 50.8. The largest absolute Gasteiger partial charge is 0.504 e. The summed E-state index contributed by atoms with van der Waals surface area (Å²) in [6.07, 6.45) is -0.701. The Morgan fingerprint density at radius 3 is 1.27 bits per heavy atom. The monoisotopic (exact) mass is 678 g/mol. The van der Waals surface area contributed by atoms with E-state index in [1.54, 1.807) is 0 Å². The lowest BCUT2D eigenvalue weighted by molar-refractivity contribution is -0.206. The molecule has 2 atom stereocenters. The molecule has 0 aromatic heterocycles. The highest BCUT2D eigenvalue weighted by atomic mass is 16.6. The van der Waals surface area contributed by atoms with Gasteiger partial charge >= 0.3 is 23.9 Å². The summed E-state index contributed by atoms with van der Waals surface area (Å²) < 4.78 is 15.3. The van der Waals surface area contributed by atoms with Gasteiger partial charge in [0.05, 0.1) is 0 Å². The van der Waals surface area contributed by atoms with Crippen molar-refractivity contribution in [2.75, 3.05) is 0 Å². The van der Waals surface area contributed by atoms with E-state index in [-0.39, 0.29) is 16.7 Å². The van der Waals surface area contributed by atoms with Crippen molar-refractivity contribution in [1.82, 2.24) is 0 Å². The van der Waals surface area contributed by atoms with Crippen molar-refractivity contribution in [3.05, 3.63) is 89.5 Å². The zero-order valence-electron chi connectivity index (χ0n) is 25.2. The Kier molecular flexibility index (Phi) is 10.9. The second-order valence-corrected chi connectivity index (χ2v) is 10.8. The fraction of sp³-hybridized carbons (Fsp3) is 0.176. The van der Waals surface area contributed by atoms with E-state index < -0.39 is 95.1 Å². The fourth-order valence-electron chi connectivity index (χ4n) is 4.64. The molecule has 0 saturated heterocycles. The molecule has 3 aromatic carbocycles. The lowest BCUT2D eigenvalue weighted by atomic mass is 9.79. The first-order valence-corrected chi connectivity index (χ1v) is 14.3. The van der Waals surface area contributed by atoms with Crippen LogP contribution in [0.3, 0.4) is 0 Å². The van der Waals surface area contributed by atoms with Crippen LogP contribution in [0.2, 0.25) is 0 Å². The highest BCUT2D eigenvalue weighted by Crippen LogP contribution is 2.35. The number of aliphatic hydroxyl groups excluding tert-OH is 1. The number of aliphatic hydroxyl groups is 2. The van der Waals surface area contributed by atoms with Crippen LogP contribution < -0.4 is 0 Å².